The van der Waals surface area contributed by atoms with Crippen LogP contribution in [0.2, 0.25) is 0 Å². The molecule has 0 aliphatic heterocycles. The van der Waals surface area contributed by atoms with Crippen LogP contribution in [0.25, 0.3) is 0 Å². The summed E-state index contributed by atoms with van der Waals surface area (Å²) < 4.78 is 12.1. The smallest absolute Gasteiger partial charge is 0.162 e. The second-order valence-electron chi connectivity index (χ2n) is 4.12. The zero-order chi connectivity index (χ0) is 13.4. The van der Waals surface area contributed by atoms with Gasteiger partial charge in [-0.25, -0.2) is 0 Å². The SMILES string of the molecule is CCCNCc1cc(OC)c(OCCC)cc1Br. The Labute approximate surface area is 118 Å². The number of methoxy groups -OCH3 is 1. The Morgan fingerprint density at radius 3 is 2.56 bits per heavy atom. The number of ether oxygens (including phenoxy) is 2. The van der Waals surface area contributed by atoms with Gasteiger partial charge in [0.25, 0.3) is 0 Å². The van der Waals surface area contributed by atoms with Crippen molar-refractivity contribution in [3.05, 3.63) is 22.2 Å². The van der Waals surface area contributed by atoms with Crippen molar-refractivity contribution in [1.82, 2.24) is 5.32 Å². The first-order valence-corrected chi connectivity index (χ1v) is 7.22. The van der Waals surface area contributed by atoms with Crippen LogP contribution in [-0.2, 0) is 6.54 Å². The molecule has 0 amide bonds. The van der Waals surface area contributed by atoms with Crippen LogP contribution in [0.4, 0.5) is 0 Å². The highest BCUT2D eigenvalue weighted by atomic mass is 79.9. The van der Waals surface area contributed by atoms with Crippen molar-refractivity contribution >= 4 is 15.9 Å². The van der Waals surface area contributed by atoms with Gasteiger partial charge >= 0.3 is 0 Å². The Kier molecular flexibility index (Phi) is 7.13. The van der Waals surface area contributed by atoms with E-state index < -0.39 is 0 Å². The van der Waals surface area contributed by atoms with E-state index in [-0.39, 0.29) is 0 Å². The predicted octanol–water partition coefficient (Wildman–Crippen LogP) is 3.75. The van der Waals surface area contributed by atoms with Gasteiger partial charge in [0, 0.05) is 11.0 Å². The molecular weight excluding hydrogens is 294 g/mol. The van der Waals surface area contributed by atoms with Crippen LogP contribution in [0.15, 0.2) is 16.6 Å². The third-order valence-corrected chi connectivity index (χ3v) is 3.27. The molecule has 1 aromatic rings. The average Bonchev–Trinajstić information content (AvgIpc) is 2.38. The van der Waals surface area contributed by atoms with Gasteiger partial charge < -0.3 is 14.8 Å². The van der Waals surface area contributed by atoms with Gasteiger partial charge in [0.1, 0.15) is 0 Å². The van der Waals surface area contributed by atoms with Crippen molar-refractivity contribution < 1.29 is 9.47 Å². The summed E-state index contributed by atoms with van der Waals surface area (Å²) in [5, 5.41) is 3.38. The normalized spacial score (nSPS) is 10.4. The summed E-state index contributed by atoms with van der Waals surface area (Å²) in [6.45, 7) is 6.80. The maximum atomic E-state index is 5.66. The van der Waals surface area contributed by atoms with Crippen LogP contribution >= 0.6 is 15.9 Å². The van der Waals surface area contributed by atoms with E-state index >= 15 is 0 Å². The minimum atomic E-state index is 0.705. The summed E-state index contributed by atoms with van der Waals surface area (Å²) in [5.74, 6) is 1.59. The van der Waals surface area contributed by atoms with Crippen LogP contribution in [-0.4, -0.2) is 20.3 Å². The fraction of sp³-hybridized carbons (Fsp3) is 0.571. The van der Waals surface area contributed by atoms with E-state index in [1.54, 1.807) is 7.11 Å². The second-order valence-corrected chi connectivity index (χ2v) is 4.97. The van der Waals surface area contributed by atoms with E-state index in [4.69, 9.17) is 9.47 Å². The molecule has 0 saturated heterocycles. The van der Waals surface area contributed by atoms with Gasteiger partial charge in [-0.05, 0) is 37.1 Å². The lowest BCUT2D eigenvalue weighted by Crippen LogP contribution is -2.14. The monoisotopic (exact) mass is 315 g/mol. The van der Waals surface area contributed by atoms with Crippen molar-refractivity contribution in [3.8, 4) is 11.5 Å². The van der Waals surface area contributed by atoms with Crippen LogP contribution in [0.1, 0.15) is 32.3 Å². The molecule has 0 saturated carbocycles. The molecule has 0 fully saturated rings. The van der Waals surface area contributed by atoms with Gasteiger partial charge in [0.2, 0.25) is 0 Å². The zero-order valence-corrected chi connectivity index (χ0v) is 13.0. The molecule has 102 valence electrons. The summed E-state index contributed by atoms with van der Waals surface area (Å²) in [4.78, 5) is 0. The largest absolute Gasteiger partial charge is 0.493 e. The Balaban J connectivity index is 2.81. The molecule has 3 nitrogen and oxygen atoms in total. The van der Waals surface area contributed by atoms with Gasteiger partial charge in [-0.1, -0.05) is 29.8 Å². The Morgan fingerprint density at radius 1 is 1.17 bits per heavy atom. The molecule has 1 rings (SSSR count). The molecule has 0 spiro atoms. The number of rotatable bonds is 8. The first-order valence-electron chi connectivity index (χ1n) is 6.42. The molecule has 0 bridgehead atoms. The van der Waals surface area contributed by atoms with Crippen molar-refractivity contribution in [2.75, 3.05) is 20.3 Å². The second kappa shape index (κ2) is 8.38. The Morgan fingerprint density at radius 2 is 1.94 bits per heavy atom. The summed E-state index contributed by atoms with van der Waals surface area (Å²) in [5.41, 5.74) is 1.18. The molecular formula is C14H22BrNO2. The van der Waals surface area contributed by atoms with Crippen molar-refractivity contribution in [3.63, 3.8) is 0 Å². The summed E-state index contributed by atoms with van der Waals surface area (Å²) in [6.07, 6.45) is 2.12. The van der Waals surface area contributed by atoms with Crippen LogP contribution in [0.5, 0.6) is 11.5 Å². The highest BCUT2D eigenvalue weighted by Gasteiger charge is 2.09. The molecule has 0 atom stereocenters. The highest BCUT2D eigenvalue weighted by Crippen LogP contribution is 2.33. The number of benzene rings is 1. The topological polar surface area (TPSA) is 30.5 Å². The molecule has 0 aromatic heterocycles. The minimum absolute atomic E-state index is 0.705. The lowest BCUT2D eigenvalue weighted by molar-refractivity contribution is 0.294. The van der Waals surface area contributed by atoms with Crippen molar-refractivity contribution in [1.29, 1.82) is 0 Å². The van der Waals surface area contributed by atoms with Gasteiger partial charge in [0.15, 0.2) is 11.5 Å². The van der Waals surface area contributed by atoms with Gasteiger partial charge in [-0.2, -0.15) is 0 Å². The summed E-state index contributed by atoms with van der Waals surface area (Å²) in [6, 6.07) is 4.01. The Bertz CT molecular complexity index is 369. The van der Waals surface area contributed by atoms with Crippen molar-refractivity contribution in [2.45, 2.75) is 33.2 Å². The first kappa shape index (κ1) is 15.3. The molecule has 0 unspecified atom stereocenters. The maximum absolute atomic E-state index is 5.66. The van der Waals surface area contributed by atoms with E-state index in [9.17, 15) is 0 Å². The highest BCUT2D eigenvalue weighted by molar-refractivity contribution is 9.10. The fourth-order valence-electron chi connectivity index (χ4n) is 1.60. The van der Waals surface area contributed by atoms with E-state index in [0.29, 0.717) is 6.61 Å². The maximum Gasteiger partial charge on any atom is 0.162 e. The zero-order valence-electron chi connectivity index (χ0n) is 11.4. The summed E-state index contributed by atoms with van der Waals surface area (Å²) >= 11 is 3.58. The van der Waals surface area contributed by atoms with Gasteiger partial charge in [-0.3, -0.25) is 0 Å². The molecule has 1 N–H and O–H groups in total. The number of nitrogens with one attached hydrogen (secondary N) is 1. The van der Waals surface area contributed by atoms with Crippen LogP contribution in [0, 0.1) is 0 Å². The Hall–Kier alpha value is -0.740. The molecule has 0 aliphatic rings. The molecule has 0 radical (unpaired) electrons. The molecule has 18 heavy (non-hydrogen) atoms. The van der Waals surface area contributed by atoms with E-state index in [1.165, 1.54) is 5.56 Å². The number of hydrogen-bond acceptors (Lipinski definition) is 3. The van der Waals surface area contributed by atoms with E-state index in [0.717, 1.165) is 41.9 Å². The first-order chi connectivity index (χ1) is 8.72. The molecule has 0 heterocycles. The number of hydrogen-bond donors (Lipinski definition) is 1. The van der Waals surface area contributed by atoms with E-state index in [2.05, 4.69) is 35.1 Å². The predicted molar refractivity (Wildman–Crippen MR) is 78.5 cm³/mol. The van der Waals surface area contributed by atoms with Crippen LogP contribution in [0.3, 0.4) is 0 Å². The lowest BCUT2D eigenvalue weighted by Gasteiger charge is -2.14. The standard InChI is InChI=1S/C14H22BrNO2/c1-4-6-16-10-11-8-13(17-3)14(9-12(11)15)18-7-5-2/h8-9,16H,4-7,10H2,1-3H3. The molecule has 0 aliphatic carbocycles. The minimum Gasteiger partial charge on any atom is -0.493 e. The summed E-state index contributed by atoms with van der Waals surface area (Å²) in [7, 11) is 1.67. The van der Waals surface area contributed by atoms with Gasteiger partial charge in [0.05, 0.1) is 13.7 Å². The fourth-order valence-corrected chi connectivity index (χ4v) is 2.06. The lowest BCUT2D eigenvalue weighted by atomic mass is 10.2. The van der Waals surface area contributed by atoms with Crippen molar-refractivity contribution in [2.24, 2.45) is 0 Å². The van der Waals surface area contributed by atoms with E-state index in [1.807, 2.05) is 12.1 Å². The molecule has 1 aromatic carbocycles. The quantitative estimate of drug-likeness (QED) is 0.741. The third-order valence-electron chi connectivity index (χ3n) is 2.54. The molecule has 4 heteroatoms. The number of halogens is 1. The van der Waals surface area contributed by atoms with Gasteiger partial charge in [-0.15, -0.1) is 0 Å². The third kappa shape index (κ3) is 4.50. The average molecular weight is 316 g/mol. The van der Waals surface area contributed by atoms with Crippen LogP contribution < -0.4 is 14.8 Å².